The van der Waals surface area contributed by atoms with Crippen molar-refractivity contribution in [1.29, 1.82) is 0 Å². The normalized spacial score (nSPS) is 10.4. The molecule has 92 valence electrons. The third-order valence-electron chi connectivity index (χ3n) is 2.09. The zero-order valence-corrected chi connectivity index (χ0v) is 8.94. The van der Waals surface area contributed by atoms with Gasteiger partial charge in [0.2, 0.25) is 0 Å². The molecule has 0 N–H and O–H groups in total. The Morgan fingerprint density at radius 2 is 2.18 bits per heavy atom. The number of methoxy groups -OCH3 is 1. The van der Waals surface area contributed by atoms with Crippen molar-refractivity contribution in [2.45, 2.75) is 13.3 Å². The Balaban J connectivity index is 3.47. The number of aromatic nitrogens is 1. The van der Waals surface area contributed by atoms with Gasteiger partial charge in [0.05, 0.1) is 12.7 Å². The number of carbonyl (C=O) groups excluding carboxylic acids is 1. The predicted octanol–water partition coefficient (Wildman–Crippen LogP) is 2.02. The molecule has 0 unspecified atom stereocenters. The third kappa shape index (κ3) is 2.52. The molecule has 0 aliphatic heterocycles. The van der Waals surface area contributed by atoms with Crippen LogP contribution in [0, 0.1) is 17.0 Å². The monoisotopic (exact) mass is 246 g/mol. The van der Waals surface area contributed by atoms with Crippen LogP contribution >= 0.6 is 0 Å². The van der Waals surface area contributed by atoms with Crippen LogP contribution in [0.15, 0.2) is 6.07 Å². The van der Waals surface area contributed by atoms with Gasteiger partial charge in [-0.15, -0.1) is 0 Å². The Labute approximate surface area is 94.4 Å². The summed E-state index contributed by atoms with van der Waals surface area (Å²) in [5, 5.41) is 10.6. The number of halogens is 2. The van der Waals surface area contributed by atoms with E-state index >= 15 is 0 Å². The van der Waals surface area contributed by atoms with Crippen molar-refractivity contribution in [2.75, 3.05) is 7.11 Å². The molecule has 0 fully saturated rings. The smallest absolute Gasteiger partial charge is 0.382 e. The zero-order valence-electron chi connectivity index (χ0n) is 8.94. The molecule has 1 rings (SSSR count). The highest BCUT2D eigenvalue weighted by molar-refractivity contribution is 5.87. The number of carbonyl (C=O) groups is 1. The standard InChI is InChI=1S/C9H8F2N2O4/c1-4-5(7(10)11)3-6(9(14)17-2)12-8(4)13(15)16/h3,7H,1-2H3. The summed E-state index contributed by atoms with van der Waals surface area (Å²) >= 11 is 0. The number of nitrogens with zero attached hydrogens (tertiary/aromatic N) is 2. The molecular formula is C9H8F2N2O4. The average molecular weight is 246 g/mol. The molecule has 0 saturated carbocycles. The average Bonchev–Trinajstić information content (AvgIpc) is 2.27. The van der Waals surface area contributed by atoms with E-state index in [0.717, 1.165) is 20.1 Å². The van der Waals surface area contributed by atoms with Crippen molar-refractivity contribution in [3.05, 3.63) is 33.0 Å². The number of hydrogen-bond acceptors (Lipinski definition) is 5. The van der Waals surface area contributed by atoms with Crippen LogP contribution in [0.2, 0.25) is 0 Å². The maximum Gasteiger partial charge on any atom is 0.382 e. The van der Waals surface area contributed by atoms with Gasteiger partial charge in [-0.25, -0.2) is 13.6 Å². The van der Waals surface area contributed by atoms with Crippen LogP contribution in [0.4, 0.5) is 14.6 Å². The van der Waals surface area contributed by atoms with E-state index in [1.807, 2.05) is 0 Å². The fourth-order valence-electron chi connectivity index (χ4n) is 1.23. The highest BCUT2D eigenvalue weighted by Gasteiger charge is 2.27. The maximum absolute atomic E-state index is 12.6. The Morgan fingerprint density at radius 3 is 2.59 bits per heavy atom. The van der Waals surface area contributed by atoms with E-state index in [2.05, 4.69) is 9.72 Å². The van der Waals surface area contributed by atoms with E-state index in [9.17, 15) is 23.7 Å². The van der Waals surface area contributed by atoms with Crippen molar-refractivity contribution >= 4 is 11.8 Å². The summed E-state index contributed by atoms with van der Waals surface area (Å²) in [6, 6.07) is 0.791. The van der Waals surface area contributed by atoms with Gasteiger partial charge in [-0.3, -0.25) is 0 Å². The minimum atomic E-state index is -2.93. The van der Waals surface area contributed by atoms with Crippen LogP contribution < -0.4 is 0 Å². The summed E-state index contributed by atoms with van der Waals surface area (Å²) < 4.78 is 29.5. The summed E-state index contributed by atoms with van der Waals surface area (Å²) in [6.45, 7) is 1.15. The molecule has 0 aromatic carbocycles. The first kappa shape index (κ1) is 12.9. The van der Waals surface area contributed by atoms with Crippen molar-refractivity contribution in [3.63, 3.8) is 0 Å². The summed E-state index contributed by atoms with van der Waals surface area (Å²) in [5.41, 5.74) is -1.38. The molecule has 0 spiro atoms. The molecular weight excluding hydrogens is 238 g/mol. The Bertz CT molecular complexity index is 476. The van der Waals surface area contributed by atoms with Crippen LogP contribution in [0.25, 0.3) is 0 Å². The number of pyridine rings is 1. The third-order valence-corrected chi connectivity index (χ3v) is 2.09. The van der Waals surface area contributed by atoms with E-state index in [1.165, 1.54) is 0 Å². The minimum absolute atomic E-state index is 0.266. The molecule has 1 aromatic heterocycles. The lowest BCUT2D eigenvalue weighted by atomic mass is 10.1. The highest BCUT2D eigenvalue weighted by Crippen LogP contribution is 2.28. The first-order valence-corrected chi connectivity index (χ1v) is 4.40. The Morgan fingerprint density at radius 1 is 1.59 bits per heavy atom. The largest absolute Gasteiger partial charge is 0.463 e. The van der Waals surface area contributed by atoms with Crippen molar-refractivity contribution in [3.8, 4) is 0 Å². The predicted molar refractivity (Wildman–Crippen MR) is 51.9 cm³/mol. The summed E-state index contributed by atoms with van der Waals surface area (Å²) in [6.07, 6.45) is -2.93. The van der Waals surface area contributed by atoms with Gasteiger partial charge in [0.15, 0.2) is 0 Å². The first-order valence-electron chi connectivity index (χ1n) is 4.40. The summed E-state index contributed by atoms with van der Waals surface area (Å²) in [4.78, 5) is 24.2. The van der Waals surface area contributed by atoms with Gasteiger partial charge in [-0.2, -0.15) is 0 Å². The molecule has 0 amide bonds. The van der Waals surface area contributed by atoms with Crippen LogP contribution in [0.1, 0.15) is 28.0 Å². The topological polar surface area (TPSA) is 82.3 Å². The van der Waals surface area contributed by atoms with E-state index in [0.29, 0.717) is 0 Å². The fourth-order valence-corrected chi connectivity index (χ4v) is 1.23. The Kier molecular flexibility index (Phi) is 3.66. The minimum Gasteiger partial charge on any atom is -0.463 e. The van der Waals surface area contributed by atoms with Crippen molar-refractivity contribution < 1.29 is 23.2 Å². The SMILES string of the molecule is COC(=O)c1cc(C(F)F)c(C)c([N+](=O)[O-])n1. The molecule has 1 heterocycles. The van der Waals surface area contributed by atoms with Crippen molar-refractivity contribution in [2.24, 2.45) is 0 Å². The lowest BCUT2D eigenvalue weighted by molar-refractivity contribution is -0.390. The molecule has 1 aromatic rings. The molecule has 0 atom stereocenters. The second-order valence-electron chi connectivity index (χ2n) is 3.09. The fraction of sp³-hybridized carbons (Fsp3) is 0.333. The van der Waals surface area contributed by atoms with Gasteiger partial charge in [0.25, 0.3) is 12.1 Å². The summed E-state index contributed by atoms with van der Waals surface area (Å²) in [7, 11) is 1.03. The lowest BCUT2D eigenvalue weighted by Crippen LogP contribution is -2.09. The highest BCUT2D eigenvalue weighted by atomic mass is 19.3. The van der Waals surface area contributed by atoms with Crippen LogP contribution in [0.3, 0.4) is 0 Å². The molecule has 0 aliphatic carbocycles. The number of ether oxygens (including phenoxy) is 1. The number of alkyl halides is 2. The number of nitro groups is 1. The van der Waals surface area contributed by atoms with Gasteiger partial charge < -0.3 is 14.9 Å². The number of esters is 1. The molecule has 0 saturated heterocycles. The van der Waals surface area contributed by atoms with Crippen LogP contribution in [0.5, 0.6) is 0 Å². The maximum atomic E-state index is 12.6. The number of rotatable bonds is 3. The lowest BCUT2D eigenvalue weighted by Gasteiger charge is -2.05. The Hall–Kier alpha value is -2.12. The number of hydrogen-bond donors (Lipinski definition) is 0. The van der Waals surface area contributed by atoms with Gasteiger partial charge in [0, 0.05) is 11.6 Å². The van der Waals surface area contributed by atoms with E-state index in [1.54, 1.807) is 0 Å². The van der Waals surface area contributed by atoms with Crippen LogP contribution in [-0.2, 0) is 4.74 Å². The van der Waals surface area contributed by atoms with Gasteiger partial charge in [-0.05, 0) is 16.8 Å². The molecule has 6 nitrogen and oxygen atoms in total. The van der Waals surface area contributed by atoms with E-state index in [4.69, 9.17) is 0 Å². The zero-order chi connectivity index (χ0) is 13.2. The second kappa shape index (κ2) is 4.81. The quantitative estimate of drug-likeness (QED) is 0.463. The molecule has 0 bridgehead atoms. The summed E-state index contributed by atoms with van der Waals surface area (Å²) in [5.74, 6) is -1.78. The van der Waals surface area contributed by atoms with Crippen LogP contribution in [-0.4, -0.2) is 23.0 Å². The van der Waals surface area contributed by atoms with E-state index < -0.39 is 34.4 Å². The molecule has 0 radical (unpaired) electrons. The van der Waals surface area contributed by atoms with Gasteiger partial charge in [-0.1, -0.05) is 0 Å². The molecule has 17 heavy (non-hydrogen) atoms. The van der Waals surface area contributed by atoms with E-state index in [-0.39, 0.29) is 5.56 Å². The van der Waals surface area contributed by atoms with Crippen molar-refractivity contribution in [1.82, 2.24) is 4.98 Å². The van der Waals surface area contributed by atoms with Gasteiger partial charge in [0.1, 0.15) is 0 Å². The molecule has 0 aliphatic rings. The first-order chi connectivity index (χ1) is 7.88. The molecule has 8 heteroatoms. The second-order valence-corrected chi connectivity index (χ2v) is 3.09. The van der Waals surface area contributed by atoms with Gasteiger partial charge >= 0.3 is 11.8 Å².